The number of hydrogen-bond donors (Lipinski definition) is 0. The lowest BCUT2D eigenvalue weighted by Gasteiger charge is -2.22. The number of aryl methyl sites for hydroxylation is 2. The highest BCUT2D eigenvalue weighted by Gasteiger charge is 2.36. The van der Waals surface area contributed by atoms with E-state index in [4.69, 9.17) is 24.9 Å². The fourth-order valence-corrected chi connectivity index (χ4v) is 11.9. The number of hydrogen-bond acceptors (Lipinski definition) is 5. The summed E-state index contributed by atoms with van der Waals surface area (Å²) in [5.41, 5.74) is 20.6. The molecule has 0 saturated carbocycles. The summed E-state index contributed by atoms with van der Waals surface area (Å²) in [5.74, 6) is 2.51. The summed E-state index contributed by atoms with van der Waals surface area (Å²) in [6.07, 6.45) is 6.42. The Morgan fingerprint density at radius 2 is 0.912 bits per heavy atom. The summed E-state index contributed by atoms with van der Waals surface area (Å²) in [6, 6.07) is 66.3. The van der Waals surface area contributed by atoms with Gasteiger partial charge in [-0.3, -0.25) is 0 Å². The van der Waals surface area contributed by atoms with Crippen molar-refractivity contribution in [3.8, 4) is 84.9 Å². The van der Waals surface area contributed by atoms with Gasteiger partial charge in [-0.05, 0) is 148 Å². The Labute approximate surface area is 473 Å². The van der Waals surface area contributed by atoms with Crippen LogP contribution >= 0.6 is 0 Å². The molecule has 1 aliphatic rings. The van der Waals surface area contributed by atoms with Crippen LogP contribution in [-0.2, 0) is 29.1 Å². The molecule has 0 unspecified atom stereocenters. The minimum Gasteiger partial charge on any atom is -0.308 e. The molecule has 6 nitrogen and oxygen atoms in total. The van der Waals surface area contributed by atoms with E-state index in [0.29, 0.717) is 23.3 Å². The number of unbranched alkanes of at least 4 members (excludes halogenated alkanes) is 2. The van der Waals surface area contributed by atoms with E-state index in [1.165, 1.54) is 55.3 Å². The van der Waals surface area contributed by atoms with E-state index in [2.05, 4.69) is 256 Å². The van der Waals surface area contributed by atoms with Crippen molar-refractivity contribution in [2.45, 2.75) is 124 Å². The van der Waals surface area contributed by atoms with Gasteiger partial charge in [0, 0.05) is 49.6 Å². The van der Waals surface area contributed by atoms with Gasteiger partial charge in [0.05, 0.1) is 28.1 Å². The first-order valence-corrected chi connectivity index (χ1v) is 28.9. The van der Waals surface area contributed by atoms with E-state index in [-0.39, 0.29) is 16.2 Å². The summed E-state index contributed by atoms with van der Waals surface area (Å²) >= 11 is 0. The van der Waals surface area contributed by atoms with Crippen LogP contribution in [0.1, 0.15) is 128 Å². The van der Waals surface area contributed by atoms with Crippen molar-refractivity contribution in [2.75, 3.05) is 0 Å². The lowest BCUT2D eigenvalue weighted by molar-refractivity contribution is 0.589. The van der Waals surface area contributed by atoms with Gasteiger partial charge in [0.25, 0.3) is 0 Å². The van der Waals surface area contributed by atoms with Crippen LogP contribution in [0.2, 0.25) is 0 Å². The summed E-state index contributed by atoms with van der Waals surface area (Å²) in [4.78, 5) is 27.7. The van der Waals surface area contributed by atoms with Crippen LogP contribution in [0.15, 0.2) is 182 Å². The first-order chi connectivity index (χ1) is 38.5. The average Bonchev–Trinajstić information content (AvgIpc) is 4.06. The van der Waals surface area contributed by atoms with Gasteiger partial charge in [-0.25, -0.2) is 24.9 Å². The van der Waals surface area contributed by atoms with Gasteiger partial charge >= 0.3 is 0 Å². The van der Waals surface area contributed by atoms with Crippen LogP contribution in [0.3, 0.4) is 0 Å². The molecule has 11 aromatic rings. The van der Waals surface area contributed by atoms with Crippen LogP contribution in [-0.4, -0.2) is 29.5 Å². The van der Waals surface area contributed by atoms with Crippen LogP contribution < -0.4 is 0 Å². The topological polar surface area (TPSA) is 69.4 Å². The van der Waals surface area contributed by atoms with Crippen molar-refractivity contribution < 1.29 is 0 Å². The van der Waals surface area contributed by atoms with Crippen LogP contribution in [0.4, 0.5) is 0 Å². The third-order valence-electron chi connectivity index (χ3n) is 16.5. The normalized spacial score (nSPS) is 13.0. The third kappa shape index (κ3) is 9.84. The molecule has 0 atom stereocenters. The number of fused-ring (bicyclic) bond motifs is 6. The molecule has 1 aliphatic carbocycles. The smallest absolute Gasteiger partial charge is 0.164 e. The van der Waals surface area contributed by atoms with Crippen molar-refractivity contribution in [1.29, 1.82) is 0 Å². The molecule has 3 aromatic heterocycles. The lowest BCUT2D eigenvalue weighted by Crippen LogP contribution is -2.15. The number of aromatic nitrogens is 6. The first-order valence-electron chi connectivity index (χ1n) is 28.9. The van der Waals surface area contributed by atoms with E-state index in [1.54, 1.807) is 0 Å². The van der Waals surface area contributed by atoms with Gasteiger partial charge in [-0.2, -0.15) is 0 Å². The summed E-state index contributed by atoms with van der Waals surface area (Å²) in [6.45, 7) is 23.0. The molecule has 0 spiro atoms. The van der Waals surface area contributed by atoms with E-state index >= 15 is 0 Å². The van der Waals surface area contributed by atoms with Crippen molar-refractivity contribution in [1.82, 2.24) is 29.5 Å². The van der Waals surface area contributed by atoms with Gasteiger partial charge < -0.3 is 4.57 Å². The maximum absolute atomic E-state index is 5.56. The Kier molecular flexibility index (Phi) is 13.6. The maximum Gasteiger partial charge on any atom is 0.164 e. The molecule has 3 heterocycles. The quantitative estimate of drug-likeness (QED) is 0.115. The van der Waals surface area contributed by atoms with Crippen LogP contribution in [0, 0.1) is 0 Å². The van der Waals surface area contributed by atoms with Crippen molar-refractivity contribution in [3.63, 3.8) is 0 Å². The molecule has 0 aliphatic heterocycles. The lowest BCUT2D eigenvalue weighted by atomic mass is 9.82. The van der Waals surface area contributed by atoms with E-state index in [9.17, 15) is 0 Å². The molecule has 398 valence electrons. The Morgan fingerprint density at radius 1 is 0.388 bits per heavy atom. The molecule has 0 bridgehead atoms. The van der Waals surface area contributed by atoms with E-state index in [1.807, 2.05) is 0 Å². The molecule has 12 rings (SSSR count). The number of nitrogens with zero attached hydrogens (tertiary/aromatic N) is 6. The molecule has 0 N–H and O–H groups in total. The van der Waals surface area contributed by atoms with Crippen molar-refractivity contribution in [2.24, 2.45) is 0 Å². The van der Waals surface area contributed by atoms with Gasteiger partial charge in [0.1, 0.15) is 0 Å². The second kappa shape index (κ2) is 20.7. The minimum absolute atomic E-state index is 0.0882. The highest BCUT2D eigenvalue weighted by Crippen LogP contribution is 2.51. The summed E-state index contributed by atoms with van der Waals surface area (Å²) in [5, 5.41) is 2.38. The minimum atomic E-state index is -0.202. The molecule has 80 heavy (non-hydrogen) atoms. The van der Waals surface area contributed by atoms with E-state index < -0.39 is 0 Å². The Bertz CT molecular complexity index is 3990. The zero-order valence-electron chi connectivity index (χ0n) is 48.2. The van der Waals surface area contributed by atoms with Crippen LogP contribution in [0.5, 0.6) is 0 Å². The molecule has 0 amide bonds. The fraction of sp³-hybridized carbons (Fsp3) is 0.257. The Morgan fingerprint density at radius 3 is 1.48 bits per heavy atom. The monoisotopic (exact) mass is 1040 g/mol. The summed E-state index contributed by atoms with van der Waals surface area (Å²) in [7, 11) is 0. The molecule has 0 radical (unpaired) electrons. The van der Waals surface area contributed by atoms with Crippen LogP contribution in [0.25, 0.3) is 107 Å². The molecule has 0 fully saturated rings. The first kappa shape index (κ1) is 52.4. The molecular formula is C74H72N6. The largest absolute Gasteiger partial charge is 0.308 e. The zero-order valence-corrected chi connectivity index (χ0v) is 48.2. The fourth-order valence-electron chi connectivity index (χ4n) is 11.9. The number of rotatable bonds is 13. The second-order valence-electron chi connectivity index (χ2n) is 24.7. The van der Waals surface area contributed by atoms with Gasteiger partial charge in [-0.15, -0.1) is 0 Å². The number of benzene rings is 8. The predicted octanol–water partition coefficient (Wildman–Crippen LogP) is 19.3. The number of para-hydroxylation sites is 1. The zero-order chi connectivity index (χ0) is 55.5. The predicted molar refractivity (Wildman–Crippen MR) is 335 cm³/mol. The SMILES string of the molecule is CCCCc1cc(-c2nc(-c3cc(CCCC)cc(C(C)(C)C)c3)nc(-c3ccc(-n4c5ccccc5c5cc6c(cc54)C(C)(C)c4ccccc4-6)c(-c4nc(-c5ccccc5)cc(-c5ccccc5)n4)c3)n2)cc(C(C)(C)C)c1. The Balaban J connectivity index is 1.16. The van der Waals surface area contributed by atoms with E-state index in [0.717, 1.165) is 100 Å². The maximum atomic E-state index is 5.56. The molecule has 6 heteroatoms. The standard InChI is InChI=1S/C74H72N6/c1-11-13-25-47-37-52(41-54(39-47)72(3,4)5)69-77-68(78-70(79-69)53-38-48(26-14-12-2)40-55(42-53)73(6,7)8)51-35-36-66(60(43-51)71-75-63(49-27-17-15-18-28-49)46-64(76-71)50-29-19-16-20-30-50)80-65-34-24-22-32-57(65)59-44-58-56-31-21-23-33-61(56)74(9,10)62(58)45-67(59)80/h15-24,27-46H,11-14,25-26H2,1-10H3. The summed E-state index contributed by atoms with van der Waals surface area (Å²) < 4.78 is 2.44. The molecule has 0 saturated heterocycles. The highest BCUT2D eigenvalue weighted by atomic mass is 15.0. The average molecular weight is 1050 g/mol. The Hall–Kier alpha value is -8.35. The highest BCUT2D eigenvalue weighted by molar-refractivity contribution is 6.12. The van der Waals surface area contributed by atoms with Crippen molar-refractivity contribution >= 4 is 21.8 Å². The van der Waals surface area contributed by atoms with Gasteiger partial charge in [-0.1, -0.05) is 197 Å². The third-order valence-corrected chi connectivity index (χ3v) is 16.5. The second-order valence-corrected chi connectivity index (χ2v) is 24.7. The molecule has 8 aromatic carbocycles. The van der Waals surface area contributed by atoms with Gasteiger partial charge in [0.2, 0.25) is 0 Å². The van der Waals surface area contributed by atoms with Gasteiger partial charge in [0.15, 0.2) is 23.3 Å². The molecular weight excluding hydrogens is 973 g/mol. The van der Waals surface area contributed by atoms with Crippen molar-refractivity contribution in [3.05, 3.63) is 215 Å².